The van der Waals surface area contributed by atoms with E-state index in [1.165, 1.54) is 13.2 Å². The predicted octanol–water partition coefficient (Wildman–Crippen LogP) is 5.92. The fraction of sp³-hybridized carbons (Fsp3) is 0.0769. The highest BCUT2D eigenvalue weighted by Crippen LogP contribution is 2.32. The van der Waals surface area contributed by atoms with Gasteiger partial charge in [-0.2, -0.15) is 0 Å². The van der Waals surface area contributed by atoms with Gasteiger partial charge in [-0.3, -0.25) is 0 Å². The summed E-state index contributed by atoms with van der Waals surface area (Å²) in [7, 11) is 1.51. The van der Waals surface area contributed by atoms with Gasteiger partial charge in [0, 0.05) is 32.9 Å². The van der Waals surface area contributed by atoms with Crippen molar-refractivity contribution in [2.24, 2.45) is 0 Å². The molecule has 0 atom stereocenters. The molecule has 0 aliphatic heterocycles. The van der Waals surface area contributed by atoms with Crippen LogP contribution in [-0.2, 0) is 6.61 Å². The SMILES string of the molecule is COc1cccc2cc(-c3cc(=O)oc4cc(OCc5ccc(Br)cc5)ccc34)c(=O)oc12. The highest BCUT2D eigenvalue weighted by molar-refractivity contribution is 9.10. The molecule has 3 aromatic carbocycles. The van der Waals surface area contributed by atoms with Crippen molar-refractivity contribution in [1.29, 1.82) is 0 Å². The molecule has 2 heterocycles. The summed E-state index contributed by atoms with van der Waals surface area (Å²) in [6, 6.07) is 21.3. The van der Waals surface area contributed by atoms with E-state index in [1.807, 2.05) is 30.3 Å². The number of methoxy groups -OCH3 is 1. The van der Waals surface area contributed by atoms with E-state index in [-0.39, 0.29) is 5.56 Å². The zero-order valence-electron chi connectivity index (χ0n) is 17.5. The molecule has 0 saturated heterocycles. The molecule has 6 nitrogen and oxygen atoms in total. The molecular formula is C26H17BrO6. The van der Waals surface area contributed by atoms with Crippen LogP contribution in [0.5, 0.6) is 11.5 Å². The van der Waals surface area contributed by atoms with Crippen LogP contribution < -0.4 is 20.7 Å². The molecule has 0 bridgehead atoms. The summed E-state index contributed by atoms with van der Waals surface area (Å²) >= 11 is 3.41. The monoisotopic (exact) mass is 504 g/mol. The Morgan fingerprint density at radius 3 is 2.48 bits per heavy atom. The van der Waals surface area contributed by atoms with E-state index in [4.69, 9.17) is 18.3 Å². The van der Waals surface area contributed by atoms with Gasteiger partial charge >= 0.3 is 11.3 Å². The zero-order chi connectivity index (χ0) is 22.9. The second-order valence-electron chi connectivity index (χ2n) is 7.38. The number of fused-ring (bicyclic) bond motifs is 2. The maximum atomic E-state index is 12.8. The highest BCUT2D eigenvalue weighted by Gasteiger charge is 2.16. The molecule has 164 valence electrons. The summed E-state index contributed by atoms with van der Waals surface area (Å²) in [5, 5.41) is 1.28. The topological polar surface area (TPSA) is 78.9 Å². The first kappa shape index (κ1) is 21.0. The summed E-state index contributed by atoms with van der Waals surface area (Å²) < 4.78 is 23.1. The smallest absolute Gasteiger partial charge is 0.344 e. The predicted molar refractivity (Wildman–Crippen MR) is 129 cm³/mol. The lowest BCUT2D eigenvalue weighted by atomic mass is 10.0. The molecule has 0 N–H and O–H groups in total. The van der Waals surface area contributed by atoms with E-state index in [9.17, 15) is 9.59 Å². The minimum atomic E-state index is -0.576. The number of benzene rings is 3. The molecule has 0 aliphatic rings. The van der Waals surface area contributed by atoms with E-state index in [2.05, 4.69) is 15.9 Å². The van der Waals surface area contributed by atoms with Crippen molar-refractivity contribution in [2.75, 3.05) is 7.11 Å². The molecule has 0 spiro atoms. The van der Waals surface area contributed by atoms with Crippen molar-refractivity contribution in [3.8, 4) is 22.6 Å². The van der Waals surface area contributed by atoms with Crippen LogP contribution in [0.3, 0.4) is 0 Å². The van der Waals surface area contributed by atoms with Gasteiger partial charge in [0.25, 0.3) is 0 Å². The van der Waals surface area contributed by atoms with Gasteiger partial charge in [0.2, 0.25) is 0 Å². The standard InChI is InChI=1S/C26H17BrO6/c1-30-22-4-2-3-16-11-21(26(29)33-25(16)22)20-13-24(28)32-23-12-18(9-10-19(20)23)31-14-15-5-7-17(27)8-6-15/h2-13H,14H2,1H3. The Balaban J connectivity index is 1.56. The van der Waals surface area contributed by atoms with Gasteiger partial charge in [-0.1, -0.05) is 40.2 Å². The molecule has 0 radical (unpaired) electrons. The van der Waals surface area contributed by atoms with Gasteiger partial charge in [-0.05, 0) is 42.0 Å². The van der Waals surface area contributed by atoms with Crippen molar-refractivity contribution in [2.45, 2.75) is 6.61 Å². The first-order valence-electron chi connectivity index (χ1n) is 10.1. The molecular weight excluding hydrogens is 488 g/mol. The molecule has 0 aliphatic carbocycles. The number of rotatable bonds is 5. The number of hydrogen-bond donors (Lipinski definition) is 0. The van der Waals surface area contributed by atoms with Crippen LogP contribution in [0.2, 0.25) is 0 Å². The first-order valence-corrected chi connectivity index (χ1v) is 10.9. The van der Waals surface area contributed by atoms with Gasteiger partial charge in [0.1, 0.15) is 17.9 Å². The van der Waals surface area contributed by atoms with Crippen LogP contribution in [0.25, 0.3) is 33.1 Å². The molecule has 5 rings (SSSR count). The van der Waals surface area contributed by atoms with E-state index >= 15 is 0 Å². The lowest BCUT2D eigenvalue weighted by Crippen LogP contribution is -2.07. The van der Waals surface area contributed by atoms with Crippen LogP contribution in [0, 0.1) is 0 Å². The third-order valence-electron chi connectivity index (χ3n) is 5.27. The minimum absolute atomic E-state index is 0.261. The third kappa shape index (κ3) is 4.15. The van der Waals surface area contributed by atoms with Crippen LogP contribution in [-0.4, -0.2) is 7.11 Å². The summed E-state index contributed by atoms with van der Waals surface area (Å²) in [4.78, 5) is 25.1. The average molecular weight is 505 g/mol. The Morgan fingerprint density at radius 1 is 0.879 bits per heavy atom. The molecule has 0 unspecified atom stereocenters. The lowest BCUT2D eigenvalue weighted by Gasteiger charge is -2.10. The van der Waals surface area contributed by atoms with Crippen molar-refractivity contribution >= 4 is 37.9 Å². The first-order chi connectivity index (χ1) is 16.0. The lowest BCUT2D eigenvalue weighted by molar-refractivity contribution is 0.306. The molecule has 0 amide bonds. The largest absolute Gasteiger partial charge is 0.493 e. The molecule has 7 heteroatoms. The maximum absolute atomic E-state index is 12.8. The number of hydrogen-bond acceptors (Lipinski definition) is 6. The highest BCUT2D eigenvalue weighted by atomic mass is 79.9. The quantitative estimate of drug-likeness (QED) is 0.276. The number of para-hydroxylation sites is 1. The normalized spacial score (nSPS) is 11.1. The van der Waals surface area contributed by atoms with Gasteiger partial charge < -0.3 is 18.3 Å². The van der Waals surface area contributed by atoms with Crippen molar-refractivity contribution in [1.82, 2.24) is 0 Å². The summed E-state index contributed by atoms with van der Waals surface area (Å²) in [6.07, 6.45) is 0. The van der Waals surface area contributed by atoms with E-state index < -0.39 is 11.3 Å². The molecule has 0 saturated carbocycles. The summed E-state index contributed by atoms with van der Waals surface area (Å²) in [6.45, 7) is 0.360. The Hall–Kier alpha value is -3.84. The van der Waals surface area contributed by atoms with Crippen molar-refractivity contribution in [3.05, 3.63) is 104 Å². The van der Waals surface area contributed by atoms with E-state index in [0.29, 0.717) is 45.6 Å². The fourth-order valence-electron chi connectivity index (χ4n) is 3.67. The molecule has 5 aromatic rings. The van der Waals surface area contributed by atoms with E-state index in [0.717, 1.165) is 10.0 Å². The zero-order valence-corrected chi connectivity index (χ0v) is 19.0. The minimum Gasteiger partial charge on any atom is -0.493 e. The Bertz CT molecular complexity index is 1600. The Morgan fingerprint density at radius 2 is 1.70 bits per heavy atom. The summed E-state index contributed by atoms with van der Waals surface area (Å²) in [5.74, 6) is 1.00. The van der Waals surface area contributed by atoms with E-state index in [1.54, 1.807) is 36.4 Å². The van der Waals surface area contributed by atoms with Gasteiger partial charge in [-0.25, -0.2) is 9.59 Å². The van der Waals surface area contributed by atoms with Gasteiger partial charge in [0.15, 0.2) is 11.3 Å². The molecule has 0 fully saturated rings. The van der Waals surface area contributed by atoms with Crippen LogP contribution in [0.1, 0.15) is 5.56 Å². The van der Waals surface area contributed by atoms with Gasteiger partial charge in [-0.15, -0.1) is 0 Å². The average Bonchev–Trinajstić information content (AvgIpc) is 2.82. The number of halogens is 1. The van der Waals surface area contributed by atoms with Gasteiger partial charge in [0.05, 0.1) is 12.7 Å². The fourth-order valence-corrected chi connectivity index (χ4v) is 3.93. The third-order valence-corrected chi connectivity index (χ3v) is 5.80. The second kappa shape index (κ2) is 8.60. The number of ether oxygens (including phenoxy) is 2. The van der Waals surface area contributed by atoms with Crippen LogP contribution >= 0.6 is 15.9 Å². The summed E-state index contributed by atoms with van der Waals surface area (Å²) in [5.41, 5.74) is 1.21. The second-order valence-corrected chi connectivity index (χ2v) is 8.29. The van der Waals surface area contributed by atoms with Crippen LogP contribution in [0.4, 0.5) is 0 Å². The Kier molecular flexibility index (Phi) is 5.48. The Labute approximate surface area is 196 Å². The maximum Gasteiger partial charge on any atom is 0.344 e. The molecule has 2 aromatic heterocycles. The van der Waals surface area contributed by atoms with Crippen molar-refractivity contribution < 1.29 is 18.3 Å². The molecule has 33 heavy (non-hydrogen) atoms. The van der Waals surface area contributed by atoms with Crippen molar-refractivity contribution in [3.63, 3.8) is 0 Å². The van der Waals surface area contributed by atoms with Crippen LogP contribution in [0.15, 0.2) is 95.7 Å².